The quantitative estimate of drug-likeness (QED) is 0.561. The van der Waals surface area contributed by atoms with E-state index in [2.05, 4.69) is 39.6 Å². The normalized spacial score (nSPS) is 40.4. The highest BCUT2D eigenvalue weighted by Crippen LogP contribution is 2.65. The van der Waals surface area contributed by atoms with Crippen LogP contribution < -0.4 is 0 Å². The zero-order chi connectivity index (χ0) is 22.1. The van der Waals surface area contributed by atoms with Crippen molar-refractivity contribution >= 4 is 8.32 Å². The molecule has 0 aromatic rings. The average Bonchev–Trinajstić information content (AvgIpc) is 3.28. The molecule has 5 heteroatoms. The number of ether oxygens (including phenoxy) is 2. The Hall–Kier alpha value is -0.463. The van der Waals surface area contributed by atoms with Gasteiger partial charge in [0.2, 0.25) is 0 Å². The Bertz CT molecular complexity index is 790. The van der Waals surface area contributed by atoms with Gasteiger partial charge in [-0.15, -0.1) is 0 Å². The maximum absolute atomic E-state index is 11.3. The first kappa shape index (κ1) is 22.3. The number of hydrogen-bond donors (Lipinski definition) is 1. The number of aliphatic hydroxyl groups is 1. The summed E-state index contributed by atoms with van der Waals surface area (Å²) in [6, 6.07) is 0. The number of fused-ring (bicyclic) bond motifs is 4. The van der Waals surface area contributed by atoms with Gasteiger partial charge in [-0.05, 0) is 87.6 Å². The molecule has 1 aliphatic heterocycles. The average molecular weight is 447 g/mol. The lowest BCUT2D eigenvalue weighted by molar-refractivity contribution is -0.164. The van der Waals surface area contributed by atoms with Gasteiger partial charge >= 0.3 is 0 Å². The molecule has 0 aromatic heterocycles. The van der Waals surface area contributed by atoms with E-state index in [1.165, 1.54) is 19.3 Å². The van der Waals surface area contributed by atoms with Gasteiger partial charge in [-0.2, -0.15) is 0 Å². The smallest absolute Gasteiger partial charge is 0.184 e. The van der Waals surface area contributed by atoms with Crippen LogP contribution in [0.1, 0.15) is 71.6 Å². The Kier molecular flexibility index (Phi) is 5.42. The Labute approximate surface area is 189 Å². The van der Waals surface area contributed by atoms with E-state index in [1.54, 1.807) is 16.7 Å². The van der Waals surface area contributed by atoms with Gasteiger partial charge in [0.1, 0.15) is 0 Å². The van der Waals surface area contributed by atoms with E-state index in [0.29, 0.717) is 11.8 Å². The van der Waals surface area contributed by atoms with Crippen LogP contribution in [0, 0.1) is 17.3 Å². The molecule has 0 aromatic carbocycles. The summed E-state index contributed by atoms with van der Waals surface area (Å²) in [4.78, 5) is 0. The van der Waals surface area contributed by atoms with E-state index in [9.17, 15) is 5.11 Å². The van der Waals surface area contributed by atoms with Gasteiger partial charge in [-0.3, -0.25) is 0 Å². The number of hydrogen-bond acceptors (Lipinski definition) is 4. The summed E-state index contributed by atoms with van der Waals surface area (Å²) in [5.41, 5.74) is 4.47. The van der Waals surface area contributed by atoms with Crippen LogP contribution in [-0.4, -0.2) is 44.1 Å². The molecule has 31 heavy (non-hydrogen) atoms. The number of aliphatic hydroxyl groups excluding tert-OH is 1. The van der Waals surface area contributed by atoms with Gasteiger partial charge in [-0.25, -0.2) is 0 Å². The fourth-order valence-corrected chi connectivity index (χ4v) is 9.55. The molecule has 5 aliphatic rings. The molecule has 2 fully saturated rings. The molecule has 1 N–H and O–H groups in total. The topological polar surface area (TPSA) is 47.9 Å². The van der Waals surface area contributed by atoms with Crippen LogP contribution >= 0.6 is 0 Å². The first-order valence-corrected chi connectivity index (χ1v) is 16.1. The lowest BCUT2D eigenvalue weighted by Crippen LogP contribution is -2.60. The predicted molar refractivity (Wildman–Crippen MR) is 125 cm³/mol. The summed E-state index contributed by atoms with van der Waals surface area (Å²) in [7, 11) is -1.80. The van der Waals surface area contributed by atoms with Crippen molar-refractivity contribution in [3.05, 3.63) is 22.8 Å². The van der Waals surface area contributed by atoms with Crippen LogP contribution in [0.3, 0.4) is 0 Å². The molecule has 1 heterocycles. The van der Waals surface area contributed by atoms with Crippen molar-refractivity contribution in [3.63, 3.8) is 0 Å². The largest absolute Gasteiger partial charge is 0.409 e. The second kappa shape index (κ2) is 7.53. The Balaban J connectivity index is 1.48. The van der Waals surface area contributed by atoms with Crippen molar-refractivity contribution in [2.75, 3.05) is 13.2 Å². The highest BCUT2D eigenvalue weighted by molar-refractivity contribution is 6.69. The fourth-order valence-electron chi connectivity index (χ4n) is 7.98. The first-order chi connectivity index (χ1) is 14.6. The summed E-state index contributed by atoms with van der Waals surface area (Å²) in [6.07, 6.45) is 11.6. The van der Waals surface area contributed by atoms with Crippen molar-refractivity contribution < 1.29 is 19.0 Å². The Morgan fingerprint density at radius 3 is 2.58 bits per heavy atom. The summed E-state index contributed by atoms with van der Waals surface area (Å²) in [5, 5.41) is 11.3. The van der Waals surface area contributed by atoms with E-state index in [4.69, 9.17) is 13.9 Å². The summed E-state index contributed by atoms with van der Waals surface area (Å²) >= 11 is 0. The van der Waals surface area contributed by atoms with E-state index >= 15 is 0 Å². The van der Waals surface area contributed by atoms with Gasteiger partial charge in [-0.1, -0.05) is 25.5 Å². The zero-order valence-electron chi connectivity index (χ0n) is 20.3. The monoisotopic (exact) mass is 446 g/mol. The van der Waals surface area contributed by atoms with Gasteiger partial charge in [0.15, 0.2) is 14.1 Å². The molecule has 1 saturated heterocycles. The molecular weight excluding hydrogens is 404 g/mol. The van der Waals surface area contributed by atoms with Crippen molar-refractivity contribution in [2.24, 2.45) is 17.3 Å². The molecule has 0 radical (unpaired) electrons. The molecule has 0 amide bonds. The maximum Gasteiger partial charge on any atom is 0.184 e. The van der Waals surface area contributed by atoms with Gasteiger partial charge < -0.3 is 19.0 Å². The molecule has 4 nitrogen and oxygen atoms in total. The van der Waals surface area contributed by atoms with Gasteiger partial charge in [0.25, 0.3) is 0 Å². The third-order valence-electron chi connectivity index (χ3n) is 9.24. The predicted octanol–water partition coefficient (Wildman–Crippen LogP) is 5.73. The van der Waals surface area contributed by atoms with Crippen molar-refractivity contribution in [1.29, 1.82) is 0 Å². The summed E-state index contributed by atoms with van der Waals surface area (Å²) < 4.78 is 19.1. The third kappa shape index (κ3) is 3.37. The van der Waals surface area contributed by atoms with Crippen molar-refractivity contribution in [3.8, 4) is 0 Å². The molecule has 0 bridgehead atoms. The molecule has 1 spiro atoms. The van der Waals surface area contributed by atoms with Crippen LogP contribution in [0.25, 0.3) is 0 Å². The standard InChI is InChI=1S/C26H42O4Si/c1-6-23(27)26(30-31(3,4)5)14-11-22-21-8-7-18-17-25(28-15-16-29-25)13-10-19(18)20(21)9-12-24(22,26)2/h9,21-23,27H,6-8,10-17H2,1-5H3/t21-,22+,23+,24+,26+/m1/s1. The minimum Gasteiger partial charge on any atom is -0.409 e. The minimum absolute atomic E-state index is 0.0164. The number of rotatable bonds is 4. The zero-order valence-corrected chi connectivity index (χ0v) is 21.3. The first-order valence-electron chi connectivity index (χ1n) is 12.7. The third-order valence-corrected chi connectivity index (χ3v) is 10.2. The molecule has 5 atom stereocenters. The second-order valence-electron chi connectivity index (χ2n) is 12.0. The van der Waals surface area contributed by atoms with E-state index in [1.807, 2.05) is 0 Å². The van der Waals surface area contributed by atoms with Crippen LogP contribution in [0.15, 0.2) is 22.8 Å². The van der Waals surface area contributed by atoms with Crippen molar-refractivity contribution in [2.45, 2.75) is 109 Å². The lowest BCUT2D eigenvalue weighted by Gasteiger charge is -2.55. The molecule has 1 saturated carbocycles. The molecule has 4 aliphatic carbocycles. The molecule has 0 unspecified atom stereocenters. The Morgan fingerprint density at radius 1 is 1.16 bits per heavy atom. The van der Waals surface area contributed by atoms with Gasteiger partial charge in [0.05, 0.1) is 24.9 Å². The molecular formula is C26H42O4Si. The van der Waals surface area contributed by atoms with E-state index < -0.39 is 13.9 Å². The summed E-state index contributed by atoms with van der Waals surface area (Å²) in [5.74, 6) is 0.899. The second-order valence-corrected chi connectivity index (χ2v) is 16.4. The SMILES string of the molecule is CC[C@H](O)[C@@]1(O[Si](C)(C)C)CC[C@H]2[C@@H]3CCC4=C(CCC5(C4)OCCO5)C3=CC[C@@]21C. The van der Waals surface area contributed by atoms with E-state index in [0.717, 1.165) is 51.7 Å². The molecule has 5 rings (SSSR count). The Morgan fingerprint density at radius 2 is 1.90 bits per heavy atom. The van der Waals surface area contributed by atoms with Crippen molar-refractivity contribution in [1.82, 2.24) is 0 Å². The molecule has 174 valence electrons. The highest BCUT2D eigenvalue weighted by Gasteiger charge is 2.64. The maximum atomic E-state index is 11.3. The fraction of sp³-hybridized carbons (Fsp3) is 0.846. The van der Waals surface area contributed by atoms with Crippen LogP contribution in [0.5, 0.6) is 0 Å². The van der Waals surface area contributed by atoms with E-state index in [-0.39, 0.29) is 17.3 Å². The van der Waals surface area contributed by atoms with Crippen LogP contribution in [0.4, 0.5) is 0 Å². The number of allylic oxidation sites excluding steroid dienone is 3. The lowest BCUT2D eigenvalue weighted by atomic mass is 9.55. The van der Waals surface area contributed by atoms with Gasteiger partial charge in [0, 0.05) is 18.3 Å². The summed E-state index contributed by atoms with van der Waals surface area (Å²) in [6.45, 7) is 12.9. The van der Waals surface area contributed by atoms with Crippen LogP contribution in [0.2, 0.25) is 19.6 Å². The highest BCUT2D eigenvalue weighted by atomic mass is 28.4. The minimum atomic E-state index is -1.80. The van der Waals surface area contributed by atoms with Crippen LogP contribution in [-0.2, 0) is 13.9 Å².